The summed E-state index contributed by atoms with van der Waals surface area (Å²) in [4.78, 5) is 19.5. The number of halogens is 1. The third kappa shape index (κ3) is 4.01. The number of amides is 1. The molecule has 6 heteroatoms. The summed E-state index contributed by atoms with van der Waals surface area (Å²) >= 11 is 5.70. The molecule has 98 valence electrons. The molecule has 1 heterocycles. The molecule has 1 amide bonds. The van der Waals surface area contributed by atoms with Crippen molar-refractivity contribution < 1.29 is 4.79 Å². The van der Waals surface area contributed by atoms with Gasteiger partial charge in [-0.05, 0) is 12.0 Å². The van der Waals surface area contributed by atoms with Crippen LogP contribution in [0.25, 0.3) is 0 Å². The number of rotatable bonds is 4. The summed E-state index contributed by atoms with van der Waals surface area (Å²) in [5.41, 5.74) is 6.85. The van der Waals surface area contributed by atoms with E-state index in [4.69, 9.17) is 17.3 Å². The quantitative estimate of drug-likeness (QED) is 0.832. The minimum Gasteiger partial charge on any atom is -0.320 e. The summed E-state index contributed by atoms with van der Waals surface area (Å²) < 4.78 is 0. The van der Waals surface area contributed by atoms with Gasteiger partial charge in [-0.15, -0.1) is 0 Å². The van der Waals surface area contributed by atoms with Crippen molar-refractivity contribution in [1.82, 2.24) is 9.97 Å². The molecule has 5 nitrogen and oxygen atoms in total. The van der Waals surface area contributed by atoms with Gasteiger partial charge < -0.3 is 11.1 Å². The molecule has 2 aromatic rings. The predicted molar refractivity (Wildman–Crippen MR) is 73.8 cm³/mol. The van der Waals surface area contributed by atoms with Crippen molar-refractivity contribution in [3.8, 4) is 0 Å². The first-order valence-corrected chi connectivity index (χ1v) is 6.11. The largest absolute Gasteiger partial charge is 0.320 e. The molecule has 0 saturated carbocycles. The molecule has 1 unspecified atom stereocenters. The molecule has 1 aromatic heterocycles. The van der Waals surface area contributed by atoms with Gasteiger partial charge in [0.2, 0.25) is 5.91 Å². The molecule has 1 atom stereocenters. The van der Waals surface area contributed by atoms with Crippen LogP contribution in [-0.4, -0.2) is 21.9 Å². The molecule has 0 bridgehead atoms. The van der Waals surface area contributed by atoms with Crippen LogP contribution >= 0.6 is 11.6 Å². The summed E-state index contributed by atoms with van der Waals surface area (Å²) in [5, 5.41) is 2.87. The Morgan fingerprint density at radius 3 is 2.74 bits per heavy atom. The Hall–Kier alpha value is -1.98. The zero-order valence-electron chi connectivity index (χ0n) is 10.1. The number of nitrogens with zero attached hydrogens (tertiary/aromatic N) is 2. The minimum absolute atomic E-state index is 0.266. The van der Waals surface area contributed by atoms with Crippen LogP contribution in [0.15, 0.2) is 42.7 Å². The van der Waals surface area contributed by atoms with Crippen LogP contribution in [0.5, 0.6) is 0 Å². The summed E-state index contributed by atoms with van der Waals surface area (Å²) in [6.45, 7) is 0. The van der Waals surface area contributed by atoms with Gasteiger partial charge in [0.25, 0.3) is 0 Å². The fraction of sp³-hybridized carbons (Fsp3) is 0.154. The highest BCUT2D eigenvalue weighted by Gasteiger charge is 2.14. The fourth-order valence-corrected chi connectivity index (χ4v) is 1.73. The maximum Gasteiger partial charge on any atom is 0.242 e. The van der Waals surface area contributed by atoms with Crippen molar-refractivity contribution in [3.63, 3.8) is 0 Å². The highest BCUT2D eigenvalue weighted by Crippen LogP contribution is 2.09. The normalized spacial score (nSPS) is 11.9. The number of carbonyl (C=O) groups excluding carboxylic acids is 1. The van der Waals surface area contributed by atoms with E-state index < -0.39 is 6.04 Å². The summed E-state index contributed by atoms with van der Waals surface area (Å²) in [6.07, 6.45) is 1.74. The molecular formula is C13H13ClN4O. The van der Waals surface area contributed by atoms with E-state index in [0.29, 0.717) is 12.2 Å². The van der Waals surface area contributed by atoms with Crippen molar-refractivity contribution in [2.45, 2.75) is 12.5 Å². The molecular weight excluding hydrogens is 264 g/mol. The first-order chi connectivity index (χ1) is 9.15. The Morgan fingerprint density at radius 2 is 2.05 bits per heavy atom. The van der Waals surface area contributed by atoms with Crippen LogP contribution in [0, 0.1) is 0 Å². The number of aromatic nitrogens is 2. The van der Waals surface area contributed by atoms with Crippen LogP contribution < -0.4 is 11.1 Å². The van der Waals surface area contributed by atoms with Crippen LogP contribution in [0.4, 0.5) is 5.82 Å². The number of carbonyl (C=O) groups is 1. The molecule has 0 saturated heterocycles. The molecule has 3 N–H and O–H groups in total. The fourth-order valence-electron chi connectivity index (χ4n) is 1.58. The zero-order valence-corrected chi connectivity index (χ0v) is 10.8. The number of hydrogen-bond donors (Lipinski definition) is 2. The van der Waals surface area contributed by atoms with Gasteiger partial charge in [-0.2, -0.15) is 0 Å². The van der Waals surface area contributed by atoms with E-state index in [1.165, 1.54) is 12.4 Å². The highest BCUT2D eigenvalue weighted by atomic mass is 35.5. The number of nitrogens with one attached hydrogen (secondary N) is 1. The Morgan fingerprint density at radius 1 is 1.32 bits per heavy atom. The van der Waals surface area contributed by atoms with Crippen molar-refractivity contribution in [1.29, 1.82) is 0 Å². The maximum absolute atomic E-state index is 11.9. The third-order valence-electron chi connectivity index (χ3n) is 2.52. The predicted octanol–water partition coefficient (Wildman–Crippen LogP) is 1.64. The van der Waals surface area contributed by atoms with Gasteiger partial charge in [-0.25, -0.2) is 9.97 Å². The lowest BCUT2D eigenvalue weighted by atomic mass is 10.1. The monoisotopic (exact) mass is 276 g/mol. The second-order valence-corrected chi connectivity index (χ2v) is 4.40. The van der Waals surface area contributed by atoms with Gasteiger partial charge in [-0.3, -0.25) is 4.79 Å². The van der Waals surface area contributed by atoms with Crippen LogP contribution in [-0.2, 0) is 11.2 Å². The van der Waals surface area contributed by atoms with Crippen molar-refractivity contribution in [3.05, 3.63) is 53.4 Å². The van der Waals surface area contributed by atoms with E-state index in [-0.39, 0.29) is 11.1 Å². The van der Waals surface area contributed by atoms with E-state index in [9.17, 15) is 4.79 Å². The van der Waals surface area contributed by atoms with E-state index in [1.807, 2.05) is 30.3 Å². The van der Waals surface area contributed by atoms with Crippen LogP contribution in [0.2, 0.25) is 5.15 Å². The molecule has 0 aliphatic carbocycles. The SMILES string of the molecule is NC(Cc1ccccc1)C(=O)Nc1cc(Cl)ncn1. The Labute approximate surface area is 115 Å². The van der Waals surface area contributed by atoms with Gasteiger partial charge in [0.05, 0.1) is 6.04 Å². The Balaban J connectivity index is 1.96. The van der Waals surface area contributed by atoms with Crippen LogP contribution in [0.1, 0.15) is 5.56 Å². The molecule has 1 aromatic carbocycles. The summed E-state index contributed by atoms with van der Waals surface area (Å²) in [5.74, 6) is 0.0344. The number of anilines is 1. The average Bonchev–Trinajstić information content (AvgIpc) is 2.40. The molecule has 0 aliphatic rings. The number of benzene rings is 1. The Bertz CT molecular complexity index is 562. The first-order valence-electron chi connectivity index (χ1n) is 5.73. The van der Waals surface area contributed by atoms with Crippen molar-refractivity contribution >= 4 is 23.3 Å². The van der Waals surface area contributed by atoms with Crippen molar-refractivity contribution in [2.75, 3.05) is 5.32 Å². The summed E-state index contributed by atoms with van der Waals surface area (Å²) in [6, 6.07) is 10.4. The number of hydrogen-bond acceptors (Lipinski definition) is 4. The molecule has 19 heavy (non-hydrogen) atoms. The van der Waals surface area contributed by atoms with Gasteiger partial charge in [0.1, 0.15) is 17.3 Å². The molecule has 0 radical (unpaired) electrons. The van der Waals surface area contributed by atoms with Gasteiger partial charge in [0.15, 0.2) is 0 Å². The van der Waals surface area contributed by atoms with Crippen LogP contribution in [0.3, 0.4) is 0 Å². The maximum atomic E-state index is 11.9. The Kier molecular flexibility index (Phi) is 4.43. The smallest absolute Gasteiger partial charge is 0.242 e. The molecule has 0 fully saturated rings. The lowest BCUT2D eigenvalue weighted by Gasteiger charge is -2.11. The highest BCUT2D eigenvalue weighted by molar-refractivity contribution is 6.29. The summed E-state index contributed by atoms with van der Waals surface area (Å²) in [7, 11) is 0. The van der Waals surface area contributed by atoms with Gasteiger partial charge >= 0.3 is 0 Å². The molecule has 2 rings (SSSR count). The first kappa shape index (κ1) is 13.5. The number of nitrogens with two attached hydrogens (primary N) is 1. The lowest BCUT2D eigenvalue weighted by molar-refractivity contribution is -0.117. The zero-order chi connectivity index (χ0) is 13.7. The van der Waals surface area contributed by atoms with Gasteiger partial charge in [0, 0.05) is 6.07 Å². The van der Waals surface area contributed by atoms with E-state index >= 15 is 0 Å². The van der Waals surface area contributed by atoms with E-state index in [0.717, 1.165) is 5.56 Å². The second kappa shape index (κ2) is 6.26. The average molecular weight is 277 g/mol. The third-order valence-corrected chi connectivity index (χ3v) is 2.73. The minimum atomic E-state index is -0.642. The van der Waals surface area contributed by atoms with Gasteiger partial charge in [-0.1, -0.05) is 41.9 Å². The standard InChI is InChI=1S/C13H13ClN4O/c14-11-7-12(17-8-16-11)18-13(19)10(15)6-9-4-2-1-3-5-9/h1-5,7-8,10H,6,15H2,(H,16,17,18,19). The van der Waals surface area contributed by atoms with E-state index in [2.05, 4.69) is 15.3 Å². The van der Waals surface area contributed by atoms with E-state index in [1.54, 1.807) is 0 Å². The molecule has 0 aliphatic heterocycles. The lowest BCUT2D eigenvalue weighted by Crippen LogP contribution is -2.37. The second-order valence-electron chi connectivity index (χ2n) is 4.01. The van der Waals surface area contributed by atoms with Crippen molar-refractivity contribution in [2.24, 2.45) is 5.73 Å². The molecule has 0 spiro atoms. The topological polar surface area (TPSA) is 80.9 Å².